The Bertz CT molecular complexity index is 281. The summed E-state index contributed by atoms with van der Waals surface area (Å²) in [7, 11) is 0. The van der Waals surface area contributed by atoms with E-state index in [9.17, 15) is 0 Å². The zero-order valence-electron chi connectivity index (χ0n) is 8.42. The Morgan fingerprint density at radius 1 is 1.36 bits per heavy atom. The summed E-state index contributed by atoms with van der Waals surface area (Å²) >= 11 is 5.13. The fraction of sp³-hybridized carbons (Fsp3) is 0.364. The van der Waals surface area contributed by atoms with Crippen molar-refractivity contribution in [2.24, 2.45) is 0 Å². The number of benzene rings is 1. The van der Waals surface area contributed by atoms with Gasteiger partial charge in [-0.25, -0.2) is 0 Å². The van der Waals surface area contributed by atoms with Gasteiger partial charge in [-0.3, -0.25) is 0 Å². The van der Waals surface area contributed by atoms with Crippen molar-refractivity contribution < 1.29 is 2.85 Å². The Balaban J connectivity index is 0. The molecule has 0 aromatic heterocycles. The van der Waals surface area contributed by atoms with Gasteiger partial charge in [0.05, 0.1) is 0 Å². The molecule has 0 unspecified atom stereocenters. The number of hydrogen-bond donors (Lipinski definition) is 2. The van der Waals surface area contributed by atoms with Crippen LogP contribution in [0.3, 0.4) is 0 Å². The minimum atomic E-state index is 0. The van der Waals surface area contributed by atoms with Gasteiger partial charge in [0.1, 0.15) is 0 Å². The maximum Gasteiger partial charge on any atom is 0.170 e. The highest BCUT2D eigenvalue weighted by Crippen LogP contribution is 2.04. The lowest BCUT2D eigenvalue weighted by molar-refractivity contribution is 0.758. The average Bonchev–Trinajstić information content (AvgIpc) is 2.20. The maximum absolute atomic E-state index is 5.13. The fourth-order valence-electron chi connectivity index (χ4n) is 1.08. The summed E-state index contributed by atoms with van der Waals surface area (Å²) in [5, 5.41) is 6.97. The third kappa shape index (κ3) is 4.23. The molecular formula is C11H20N2S. The van der Waals surface area contributed by atoms with Crippen LogP contribution >= 0.6 is 12.2 Å². The van der Waals surface area contributed by atoms with Gasteiger partial charge in [0.25, 0.3) is 0 Å². The molecular weight excluding hydrogens is 192 g/mol. The molecule has 0 spiro atoms. The molecule has 0 saturated carbocycles. The van der Waals surface area contributed by atoms with E-state index in [4.69, 9.17) is 12.2 Å². The number of hydrogen-bond acceptors (Lipinski definition) is 1. The maximum atomic E-state index is 5.13. The number of unbranched alkanes of at least 4 members (excludes halogenated alkanes) is 1. The molecule has 0 aliphatic heterocycles. The normalized spacial score (nSPS) is 9.50. The van der Waals surface area contributed by atoms with E-state index in [1.807, 2.05) is 30.3 Å². The number of para-hydroxylation sites is 1. The molecule has 3 heteroatoms. The van der Waals surface area contributed by atoms with Gasteiger partial charge in [-0.05, 0) is 30.8 Å². The number of thiocarbonyl (C=S) groups is 1. The van der Waals surface area contributed by atoms with Crippen molar-refractivity contribution in [3.63, 3.8) is 0 Å². The van der Waals surface area contributed by atoms with E-state index >= 15 is 0 Å². The van der Waals surface area contributed by atoms with Crippen LogP contribution in [-0.4, -0.2) is 11.7 Å². The molecule has 2 N–H and O–H groups in total. The second kappa shape index (κ2) is 6.38. The van der Waals surface area contributed by atoms with Crippen LogP contribution in [0.4, 0.5) is 5.69 Å². The smallest absolute Gasteiger partial charge is 0.170 e. The third-order valence-electron chi connectivity index (χ3n) is 1.85. The Morgan fingerprint density at radius 3 is 2.71 bits per heavy atom. The van der Waals surface area contributed by atoms with Crippen molar-refractivity contribution in [1.82, 2.24) is 5.32 Å². The van der Waals surface area contributed by atoms with Gasteiger partial charge in [-0.1, -0.05) is 31.5 Å². The first-order chi connectivity index (χ1) is 6.83. The van der Waals surface area contributed by atoms with E-state index in [-0.39, 0.29) is 2.85 Å². The fourth-order valence-corrected chi connectivity index (χ4v) is 1.30. The molecule has 1 aromatic carbocycles. The van der Waals surface area contributed by atoms with E-state index < -0.39 is 0 Å². The van der Waals surface area contributed by atoms with Crippen molar-refractivity contribution in [2.45, 2.75) is 19.8 Å². The highest BCUT2D eigenvalue weighted by molar-refractivity contribution is 7.80. The van der Waals surface area contributed by atoms with Gasteiger partial charge >= 0.3 is 0 Å². The molecule has 0 atom stereocenters. The van der Waals surface area contributed by atoms with E-state index in [0.717, 1.165) is 18.7 Å². The average molecular weight is 212 g/mol. The minimum Gasteiger partial charge on any atom is -0.362 e. The van der Waals surface area contributed by atoms with Crippen molar-refractivity contribution in [2.75, 3.05) is 11.9 Å². The molecule has 14 heavy (non-hydrogen) atoms. The summed E-state index contributed by atoms with van der Waals surface area (Å²) in [6.45, 7) is 3.10. The monoisotopic (exact) mass is 212 g/mol. The molecule has 0 bridgehead atoms. The van der Waals surface area contributed by atoms with Crippen molar-refractivity contribution in [3.05, 3.63) is 30.3 Å². The summed E-state index contributed by atoms with van der Waals surface area (Å²) in [4.78, 5) is 0. The molecule has 1 aromatic rings. The van der Waals surface area contributed by atoms with E-state index in [0.29, 0.717) is 5.11 Å². The molecule has 1 rings (SSSR count). The van der Waals surface area contributed by atoms with Crippen LogP contribution in [0.15, 0.2) is 30.3 Å². The third-order valence-corrected chi connectivity index (χ3v) is 2.09. The van der Waals surface area contributed by atoms with Crippen LogP contribution in [0, 0.1) is 0 Å². The zero-order chi connectivity index (χ0) is 10.2. The topological polar surface area (TPSA) is 24.1 Å². The van der Waals surface area contributed by atoms with Crippen molar-refractivity contribution >= 4 is 23.0 Å². The lowest BCUT2D eigenvalue weighted by atomic mass is 10.3. The van der Waals surface area contributed by atoms with Crippen LogP contribution in [0.25, 0.3) is 0 Å². The summed E-state index contributed by atoms with van der Waals surface area (Å²) in [6, 6.07) is 9.94. The first kappa shape index (κ1) is 11.0. The summed E-state index contributed by atoms with van der Waals surface area (Å²) in [5.74, 6) is 0. The van der Waals surface area contributed by atoms with Crippen LogP contribution in [-0.2, 0) is 0 Å². The number of nitrogens with one attached hydrogen (secondary N) is 2. The minimum absolute atomic E-state index is 0. The van der Waals surface area contributed by atoms with Crippen LogP contribution in [0.1, 0.15) is 22.6 Å². The molecule has 80 valence electrons. The van der Waals surface area contributed by atoms with Crippen molar-refractivity contribution in [3.8, 4) is 0 Å². The second-order valence-electron chi connectivity index (χ2n) is 3.10. The Morgan fingerprint density at radius 2 is 2.07 bits per heavy atom. The Kier molecular flexibility index (Phi) is 5.00. The zero-order valence-corrected chi connectivity index (χ0v) is 9.23. The molecule has 0 fully saturated rings. The predicted octanol–water partition coefficient (Wildman–Crippen LogP) is 3.27. The van der Waals surface area contributed by atoms with Gasteiger partial charge in [0.15, 0.2) is 5.11 Å². The lowest BCUT2D eigenvalue weighted by Crippen LogP contribution is -2.29. The largest absolute Gasteiger partial charge is 0.362 e. The second-order valence-corrected chi connectivity index (χ2v) is 3.51. The van der Waals surface area contributed by atoms with Crippen LogP contribution in [0.5, 0.6) is 0 Å². The summed E-state index contributed by atoms with van der Waals surface area (Å²) in [6.07, 6.45) is 2.33. The quantitative estimate of drug-likeness (QED) is 0.592. The molecule has 0 radical (unpaired) electrons. The molecule has 0 saturated heterocycles. The van der Waals surface area contributed by atoms with Gasteiger partial charge in [0.2, 0.25) is 0 Å². The van der Waals surface area contributed by atoms with Crippen molar-refractivity contribution in [1.29, 1.82) is 0 Å². The highest BCUT2D eigenvalue weighted by Gasteiger charge is 1.94. The number of anilines is 1. The van der Waals surface area contributed by atoms with Gasteiger partial charge in [-0.15, -0.1) is 0 Å². The SMILES string of the molecule is CCCCNC(=S)Nc1ccccc1.[HH].[HH]. The molecule has 0 amide bonds. The van der Waals surface area contributed by atoms with Crippen LogP contribution in [0.2, 0.25) is 0 Å². The molecule has 0 aliphatic rings. The van der Waals surface area contributed by atoms with Gasteiger partial charge in [0, 0.05) is 15.1 Å². The van der Waals surface area contributed by atoms with Crippen LogP contribution < -0.4 is 10.6 Å². The van der Waals surface area contributed by atoms with E-state index in [1.165, 1.54) is 6.42 Å². The standard InChI is InChI=1S/C11H16N2S.2H2/c1-2-3-9-12-11(14)13-10-7-5-4-6-8-10;;/h4-8H,2-3,9H2,1H3,(H2,12,13,14);2*1H. The Hall–Kier alpha value is -1.09. The first-order valence-corrected chi connectivity index (χ1v) is 5.33. The molecule has 0 heterocycles. The molecule has 0 aliphatic carbocycles. The first-order valence-electron chi connectivity index (χ1n) is 4.93. The van der Waals surface area contributed by atoms with E-state index in [2.05, 4.69) is 17.6 Å². The summed E-state index contributed by atoms with van der Waals surface area (Å²) in [5.41, 5.74) is 1.03. The van der Waals surface area contributed by atoms with Gasteiger partial charge < -0.3 is 10.6 Å². The highest BCUT2D eigenvalue weighted by atomic mass is 32.1. The summed E-state index contributed by atoms with van der Waals surface area (Å²) < 4.78 is 0. The molecule has 2 nitrogen and oxygen atoms in total. The predicted molar refractivity (Wildman–Crippen MR) is 69.8 cm³/mol. The van der Waals surface area contributed by atoms with Gasteiger partial charge in [-0.2, -0.15) is 0 Å². The Labute approximate surface area is 93.7 Å². The lowest BCUT2D eigenvalue weighted by Gasteiger charge is -2.09. The number of rotatable bonds is 4. The van der Waals surface area contributed by atoms with E-state index in [1.54, 1.807) is 0 Å².